The molecule has 0 aliphatic heterocycles. The minimum absolute atomic E-state index is 0. The van der Waals surface area contributed by atoms with Crippen molar-refractivity contribution in [1.29, 1.82) is 0 Å². The molecule has 1 aromatic rings. The third-order valence-electron chi connectivity index (χ3n) is 1.95. The average molecular weight is 246 g/mol. The maximum absolute atomic E-state index is 10.7. The van der Waals surface area contributed by atoms with Gasteiger partial charge in [-0.1, -0.05) is 6.08 Å². The number of rotatable bonds is 4. The van der Waals surface area contributed by atoms with Crippen LogP contribution in [0, 0.1) is 0 Å². The molecule has 0 unspecified atom stereocenters. The second kappa shape index (κ2) is 7.08. The molecule has 0 saturated heterocycles. The second-order valence-electron chi connectivity index (χ2n) is 2.97. The zero-order valence-corrected chi connectivity index (χ0v) is 12.4. The number of carboxylic acid groups (broad SMARTS) is 1. The van der Waals surface area contributed by atoms with E-state index < -0.39 is 11.7 Å². The summed E-state index contributed by atoms with van der Waals surface area (Å²) in [6.45, 7) is 3.54. The predicted molar refractivity (Wildman–Crippen MR) is 52.9 cm³/mol. The zero-order valence-electron chi connectivity index (χ0n) is 9.32. The number of hydrogen-bond acceptors (Lipinski definition) is 4. The molecule has 80 valence electrons. The van der Waals surface area contributed by atoms with Crippen LogP contribution >= 0.6 is 0 Å². The van der Waals surface area contributed by atoms with Crippen LogP contribution < -0.4 is 61.2 Å². The Morgan fingerprint density at radius 1 is 1.62 bits per heavy atom. The van der Waals surface area contributed by atoms with Crippen molar-refractivity contribution < 1.29 is 71.1 Å². The third-order valence-corrected chi connectivity index (χ3v) is 1.95. The quantitative estimate of drug-likeness (QED) is 0.471. The van der Waals surface area contributed by atoms with Gasteiger partial charge in [0.05, 0.1) is 13.1 Å². The Labute approximate surface area is 136 Å². The Morgan fingerprint density at radius 3 is 2.69 bits per heavy atom. The number of carbonyl (C=O) groups is 1. The molecule has 1 N–H and O–H groups in total. The number of aromatic carboxylic acids is 1. The van der Waals surface area contributed by atoms with Crippen LogP contribution in [0.25, 0.3) is 0 Å². The Bertz CT molecular complexity index is 401. The molecule has 1 rings (SSSR count). The van der Waals surface area contributed by atoms with Crippen LogP contribution in [-0.4, -0.2) is 18.2 Å². The van der Waals surface area contributed by atoms with Crippen LogP contribution in [0.2, 0.25) is 0 Å². The standard InChI is InChI=1S/C11H12O4.K/c1-3-4-7-5-8(11(13)14)10(12)9(6-7)15-2;/h3,5-6,12H,1,4H2,2H3,(H,13,14);/q;+1/p-1. The maximum Gasteiger partial charge on any atom is 1.00 e. The Kier molecular flexibility index (Phi) is 6.93. The van der Waals surface area contributed by atoms with Gasteiger partial charge < -0.3 is 19.7 Å². The van der Waals surface area contributed by atoms with Crippen LogP contribution in [0.15, 0.2) is 24.8 Å². The normalized spacial score (nSPS) is 9.06. The van der Waals surface area contributed by atoms with Gasteiger partial charge in [0.25, 0.3) is 0 Å². The van der Waals surface area contributed by atoms with Gasteiger partial charge in [-0.2, -0.15) is 0 Å². The van der Waals surface area contributed by atoms with Crippen molar-refractivity contribution in [2.75, 3.05) is 7.11 Å². The molecule has 0 aromatic heterocycles. The number of carboxylic acids is 1. The fourth-order valence-corrected chi connectivity index (χ4v) is 1.26. The first kappa shape index (κ1) is 15.7. The first-order chi connectivity index (χ1) is 7.10. The molecule has 0 radical (unpaired) electrons. The SMILES string of the molecule is C=CCc1cc(OC)c(O)c(C(=O)[O-])c1.[K+]. The molecule has 0 fully saturated rings. The number of allylic oxidation sites excluding steroid dienone is 1. The molecule has 5 heteroatoms. The maximum atomic E-state index is 10.7. The molecule has 0 saturated carbocycles. The minimum atomic E-state index is -1.43. The Morgan fingerprint density at radius 2 is 2.25 bits per heavy atom. The van der Waals surface area contributed by atoms with E-state index in [1.54, 1.807) is 12.1 Å². The van der Waals surface area contributed by atoms with Crippen LogP contribution in [0.5, 0.6) is 11.5 Å². The number of carbonyl (C=O) groups excluding carboxylic acids is 1. The van der Waals surface area contributed by atoms with Gasteiger partial charge in [-0.15, -0.1) is 6.58 Å². The molecular formula is C11H11KO4. The summed E-state index contributed by atoms with van der Waals surface area (Å²) in [5.41, 5.74) is 0.421. The Balaban J connectivity index is 0.00000225. The monoisotopic (exact) mass is 246 g/mol. The van der Waals surface area contributed by atoms with Gasteiger partial charge in [0, 0.05) is 5.56 Å². The topological polar surface area (TPSA) is 69.6 Å². The van der Waals surface area contributed by atoms with E-state index in [1.807, 2.05) is 0 Å². The van der Waals surface area contributed by atoms with Crippen LogP contribution in [0.4, 0.5) is 0 Å². The molecule has 1 aromatic carbocycles. The van der Waals surface area contributed by atoms with E-state index >= 15 is 0 Å². The molecule has 0 atom stereocenters. The van der Waals surface area contributed by atoms with Gasteiger partial charge >= 0.3 is 51.4 Å². The van der Waals surface area contributed by atoms with E-state index in [0.717, 1.165) is 0 Å². The van der Waals surface area contributed by atoms with Crippen LogP contribution in [0.1, 0.15) is 15.9 Å². The molecule has 16 heavy (non-hydrogen) atoms. The van der Waals surface area contributed by atoms with E-state index in [0.29, 0.717) is 12.0 Å². The van der Waals surface area contributed by atoms with Gasteiger partial charge in [-0.3, -0.25) is 0 Å². The van der Waals surface area contributed by atoms with Crippen LogP contribution in [-0.2, 0) is 6.42 Å². The Hall–Kier alpha value is -0.334. The summed E-state index contributed by atoms with van der Waals surface area (Å²) in [6.07, 6.45) is 2.13. The van der Waals surface area contributed by atoms with Crippen molar-refractivity contribution in [2.45, 2.75) is 6.42 Å². The summed E-state index contributed by atoms with van der Waals surface area (Å²) in [5.74, 6) is -1.73. The number of methoxy groups -OCH3 is 1. The first-order valence-corrected chi connectivity index (χ1v) is 4.32. The molecule has 0 aliphatic rings. The van der Waals surface area contributed by atoms with Crippen molar-refractivity contribution >= 4 is 5.97 Å². The summed E-state index contributed by atoms with van der Waals surface area (Å²) in [4.78, 5) is 10.7. The molecular weight excluding hydrogens is 235 g/mol. The summed E-state index contributed by atoms with van der Waals surface area (Å²) in [5, 5.41) is 20.2. The fourth-order valence-electron chi connectivity index (χ4n) is 1.26. The first-order valence-electron chi connectivity index (χ1n) is 4.32. The molecule has 4 nitrogen and oxygen atoms in total. The summed E-state index contributed by atoms with van der Waals surface area (Å²) in [6, 6.07) is 2.90. The summed E-state index contributed by atoms with van der Waals surface area (Å²) >= 11 is 0. The smallest absolute Gasteiger partial charge is 0.545 e. The number of phenols is 1. The zero-order chi connectivity index (χ0) is 11.4. The van der Waals surface area contributed by atoms with Gasteiger partial charge in [0.2, 0.25) is 0 Å². The molecule has 0 spiro atoms. The number of benzene rings is 1. The van der Waals surface area contributed by atoms with Gasteiger partial charge in [-0.05, 0) is 24.1 Å². The second-order valence-corrected chi connectivity index (χ2v) is 2.97. The predicted octanol–water partition coefficient (Wildman–Crippen LogP) is -2.50. The number of ether oxygens (including phenoxy) is 1. The van der Waals surface area contributed by atoms with Gasteiger partial charge in [-0.25, -0.2) is 0 Å². The van der Waals surface area contributed by atoms with E-state index in [4.69, 9.17) is 4.74 Å². The van der Waals surface area contributed by atoms with Gasteiger partial charge in [0.1, 0.15) is 0 Å². The average Bonchev–Trinajstić information content (AvgIpc) is 2.20. The van der Waals surface area contributed by atoms with Crippen molar-refractivity contribution in [3.05, 3.63) is 35.9 Å². The van der Waals surface area contributed by atoms with E-state index in [2.05, 4.69) is 6.58 Å². The fraction of sp³-hybridized carbons (Fsp3) is 0.182. The van der Waals surface area contributed by atoms with E-state index in [-0.39, 0.29) is 62.7 Å². The largest absolute Gasteiger partial charge is 1.00 e. The summed E-state index contributed by atoms with van der Waals surface area (Å²) in [7, 11) is 1.35. The van der Waals surface area contributed by atoms with Gasteiger partial charge in [0.15, 0.2) is 11.5 Å². The van der Waals surface area contributed by atoms with Crippen molar-refractivity contribution in [3.8, 4) is 11.5 Å². The number of hydrogen-bond donors (Lipinski definition) is 1. The number of aromatic hydroxyl groups is 1. The molecule has 0 bridgehead atoms. The molecule has 0 heterocycles. The molecule has 0 amide bonds. The van der Waals surface area contributed by atoms with E-state index in [1.165, 1.54) is 13.2 Å². The van der Waals surface area contributed by atoms with Crippen molar-refractivity contribution in [2.24, 2.45) is 0 Å². The van der Waals surface area contributed by atoms with Crippen molar-refractivity contribution in [1.82, 2.24) is 0 Å². The minimum Gasteiger partial charge on any atom is -0.545 e. The van der Waals surface area contributed by atoms with Crippen LogP contribution in [0.3, 0.4) is 0 Å². The third kappa shape index (κ3) is 3.60. The summed E-state index contributed by atoms with van der Waals surface area (Å²) < 4.78 is 4.85. The van der Waals surface area contributed by atoms with E-state index in [9.17, 15) is 15.0 Å². The van der Waals surface area contributed by atoms with Crippen molar-refractivity contribution in [3.63, 3.8) is 0 Å². The molecule has 0 aliphatic carbocycles.